The smallest absolute Gasteiger partial charge is 0.0658 e. The first-order chi connectivity index (χ1) is 4.79. The molecule has 0 saturated carbocycles. The van der Waals surface area contributed by atoms with Gasteiger partial charge in [-0.1, -0.05) is 0 Å². The molecule has 2 fully saturated rings. The first-order valence-corrected chi connectivity index (χ1v) is 3.85. The number of hydrogen-bond donors (Lipinski definition) is 2. The van der Waals surface area contributed by atoms with E-state index in [0.29, 0.717) is 6.04 Å². The molecule has 0 radical (unpaired) electrons. The maximum atomic E-state index is 5.44. The maximum absolute atomic E-state index is 5.44. The Bertz CT molecular complexity index is 128. The van der Waals surface area contributed by atoms with Crippen LogP contribution in [-0.4, -0.2) is 37.9 Å². The van der Waals surface area contributed by atoms with Crippen molar-refractivity contribution < 1.29 is 4.74 Å². The molecule has 0 aromatic carbocycles. The molecule has 2 saturated heterocycles. The number of fused-ring (bicyclic) bond motifs is 2. The van der Waals surface area contributed by atoms with Crippen LogP contribution in [-0.2, 0) is 4.74 Å². The fourth-order valence-corrected chi connectivity index (χ4v) is 1.74. The first kappa shape index (κ1) is 6.58. The monoisotopic (exact) mass is 142 g/mol. The minimum absolute atomic E-state index is 0.196. The van der Waals surface area contributed by atoms with Gasteiger partial charge in [0.15, 0.2) is 0 Å². The summed E-state index contributed by atoms with van der Waals surface area (Å²) in [6.07, 6.45) is 0. The average Bonchev–Trinajstić information content (AvgIpc) is 1.86. The van der Waals surface area contributed by atoms with Crippen molar-refractivity contribution in [3.8, 4) is 0 Å². The summed E-state index contributed by atoms with van der Waals surface area (Å²) in [5.41, 5.74) is 0.196. The molecule has 2 heterocycles. The molecule has 10 heavy (non-hydrogen) atoms. The largest absolute Gasteiger partial charge is 0.378 e. The molecule has 2 unspecified atom stereocenters. The van der Waals surface area contributed by atoms with Crippen molar-refractivity contribution in [1.29, 1.82) is 0 Å². The summed E-state index contributed by atoms with van der Waals surface area (Å²) in [4.78, 5) is 0. The van der Waals surface area contributed by atoms with E-state index in [9.17, 15) is 0 Å². The minimum Gasteiger partial charge on any atom is -0.378 e. The molecule has 2 bridgehead atoms. The molecule has 3 heteroatoms. The topological polar surface area (TPSA) is 33.3 Å². The van der Waals surface area contributed by atoms with Crippen molar-refractivity contribution in [2.24, 2.45) is 0 Å². The van der Waals surface area contributed by atoms with Crippen LogP contribution in [0.2, 0.25) is 0 Å². The van der Waals surface area contributed by atoms with Gasteiger partial charge in [0.1, 0.15) is 0 Å². The second-order valence-electron chi connectivity index (χ2n) is 3.55. The van der Waals surface area contributed by atoms with Crippen molar-refractivity contribution in [3.05, 3.63) is 0 Å². The van der Waals surface area contributed by atoms with E-state index in [1.807, 2.05) is 0 Å². The number of rotatable bonds is 0. The van der Waals surface area contributed by atoms with Gasteiger partial charge in [-0.15, -0.1) is 0 Å². The molecule has 0 aromatic heterocycles. The fourth-order valence-electron chi connectivity index (χ4n) is 1.74. The van der Waals surface area contributed by atoms with Crippen LogP contribution in [0.1, 0.15) is 6.92 Å². The third-order valence-corrected chi connectivity index (χ3v) is 2.20. The second kappa shape index (κ2) is 2.19. The van der Waals surface area contributed by atoms with Crippen molar-refractivity contribution in [1.82, 2.24) is 10.6 Å². The standard InChI is InChI=1S/C7H14N2O/c1-7-4-8-2-6(9-7)3-10-5-7/h6,8-9H,2-5H2,1H3. The zero-order chi connectivity index (χ0) is 7.03. The molecule has 2 rings (SSSR count). The van der Waals surface area contributed by atoms with Crippen molar-refractivity contribution in [2.75, 3.05) is 26.3 Å². The van der Waals surface area contributed by atoms with Crippen LogP contribution in [0.3, 0.4) is 0 Å². The number of piperazine rings is 1. The lowest BCUT2D eigenvalue weighted by Gasteiger charge is -2.44. The quantitative estimate of drug-likeness (QED) is 0.471. The Morgan fingerprint density at radius 2 is 2.50 bits per heavy atom. The van der Waals surface area contributed by atoms with Crippen LogP contribution in [0.5, 0.6) is 0 Å². The molecule has 0 amide bonds. The van der Waals surface area contributed by atoms with Gasteiger partial charge in [-0.3, -0.25) is 0 Å². The molecule has 3 nitrogen and oxygen atoms in total. The molecule has 58 valence electrons. The molecular weight excluding hydrogens is 128 g/mol. The highest BCUT2D eigenvalue weighted by Gasteiger charge is 2.35. The molecule has 0 aliphatic carbocycles. The van der Waals surface area contributed by atoms with Gasteiger partial charge in [-0.05, 0) is 6.92 Å². The van der Waals surface area contributed by atoms with Crippen LogP contribution < -0.4 is 10.6 Å². The molecule has 2 aliphatic rings. The van der Waals surface area contributed by atoms with E-state index < -0.39 is 0 Å². The molecular formula is C7H14N2O. The minimum atomic E-state index is 0.196. The Balaban J connectivity index is 2.07. The Labute approximate surface area is 61.1 Å². The van der Waals surface area contributed by atoms with Gasteiger partial charge >= 0.3 is 0 Å². The normalized spacial score (nSPS) is 47.1. The fraction of sp³-hybridized carbons (Fsp3) is 1.00. The highest BCUT2D eigenvalue weighted by Crippen LogP contribution is 2.13. The van der Waals surface area contributed by atoms with Gasteiger partial charge in [-0.25, -0.2) is 0 Å². The summed E-state index contributed by atoms with van der Waals surface area (Å²) in [6.45, 7) is 5.99. The highest BCUT2D eigenvalue weighted by molar-refractivity contribution is 4.96. The highest BCUT2D eigenvalue weighted by atomic mass is 16.5. The number of ether oxygens (including phenoxy) is 1. The molecule has 0 aromatic rings. The predicted octanol–water partition coefficient (Wildman–Crippen LogP) is -0.663. The maximum Gasteiger partial charge on any atom is 0.0658 e. The van der Waals surface area contributed by atoms with Crippen LogP contribution in [0.4, 0.5) is 0 Å². The van der Waals surface area contributed by atoms with E-state index in [1.165, 1.54) is 0 Å². The number of morpholine rings is 1. The van der Waals surface area contributed by atoms with E-state index >= 15 is 0 Å². The number of nitrogens with one attached hydrogen (secondary N) is 2. The van der Waals surface area contributed by atoms with Gasteiger partial charge in [0.05, 0.1) is 18.8 Å². The molecule has 2 aliphatic heterocycles. The average molecular weight is 142 g/mol. The summed E-state index contributed by atoms with van der Waals surface area (Å²) >= 11 is 0. The Morgan fingerprint density at radius 1 is 1.60 bits per heavy atom. The third kappa shape index (κ3) is 1.05. The van der Waals surface area contributed by atoms with Crippen LogP contribution in [0.25, 0.3) is 0 Å². The van der Waals surface area contributed by atoms with Crippen LogP contribution in [0, 0.1) is 0 Å². The van der Waals surface area contributed by atoms with Gasteiger partial charge in [0, 0.05) is 19.1 Å². The molecule has 2 N–H and O–H groups in total. The summed E-state index contributed by atoms with van der Waals surface area (Å²) in [5.74, 6) is 0. The van der Waals surface area contributed by atoms with Gasteiger partial charge in [-0.2, -0.15) is 0 Å². The molecule has 0 spiro atoms. The SMILES string of the molecule is CC12CNCC(COC1)N2. The van der Waals surface area contributed by atoms with E-state index in [0.717, 1.165) is 26.3 Å². The lowest BCUT2D eigenvalue weighted by Crippen LogP contribution is -2.68. The zero-order valence-electron chi connectivity index (χ0n) is 6.31. The lowest BCUT2D eigenvalue weighted by atomic mass is 9.97. The summed E-state index contributed by atoms with van der Waals surface area (Å²) < 4.78 is 5.44. The van der Waals surface area contributed by atoms with Crippen LogP contribution >= 0.6 is 0 Å². The van der Waals surface area contributed by atoms with Gasteiger partial charge in [0.2, 0.25) is 0 Å². The van der Waals surface area contributed by atoms with Crippen LogP contribution in [0.15, 0.2) is 0 Å². The second-order valence-corrected chi connectivity index (χ2v) is 3.55. The van der Waals surface area contributed by atoms with Gasteiger partial charge < -0.3 is 15.4 Å². The van der Waals surface area contributed by atoms with Crippen molar-refractivity contribution >= 4 is 0 Å². The zero-order valence-corrected chi connectivity index (χ0v) is 6.31. The Kier molecular flexibility index (Phi) is 1.44. The van der Waals surface area contributed by atoms with E-state index in [1.54, 1.807) is 0 Å². The van der Waals surface area contributed by atoms with E-state index in [4.69, 9.17) is 4.74 Å². The van der Waals surface area contributed by atoms with Gasteiger partial charge in [0.25, 0.3) is 0 Å². The van der Waals surface area contributed by atoms with E-state index in [2.05, 4.69) is 17.6 Å². The Morgan fingerprint density at radius 3 is 3.20 bits per heavy atom. The number of hydrogen-bond acceptors (Lipinski definition) is 3. The Hall–Kier alpha value is -0.120. The third-order valence-electron chi connectivity index (χ3n) is 2.20. The van der Waals surface area contributed by atoms with Crippen molar-refractivity contribution in [3.63, 3.8) is 0 Å². The van der Waals surface area contributed by atoms with E-state index in [-0.39, 0.29) is 5.54 Å². The predicted molar refractivity (Wildman–Crippen MR) is 39.0 cm³/mol. The summed E-state index contributed by atoms with van der Waals surface area (Å²) in [6, 6.07) is 0.535. The lowest BCUT2D eigenvalue weighted by molar-refractivity contribution is -0.00998. The molecule has 2 atom stereocenters. The van der Waals surface area contributed by atoms with Crippen molar-refractivity contribution in [2.45, 2.75) is 18.5 Å². The summed E-state index contributed by atoms with van der Waals surface area (Å²) in [7, 11) is 0. The first-order valence-electron chi connectivity index (χ1n) is 3.85. The summed E-state index contributed by atoms with van der Waals surface area (Å²) in [5, 5.41) is 6.93.